The van der Waals surface area contributed by atoms with E-state index < -0.39 is 0 Å². The molecule has 0 atom stereocenters. The van der Waals surface area contributed by atoms with Gasteiger partial charge in [0.05, 0.1) is 12.9 Å². The van der Waals surface area contributed by atoms with Gasteiger partial charge in [-0.15, -0.1) is 0 Å². The molecule has 6 aromatic carbocycles. The van der Waals surface area contributed by atoms with Crippen LogP contribution in [0.1, 0.15) is 22.3 Å². The fourth-order valence-electron chi connectivity index (χ4n) is 6.09. The zero-order valence-electron chi connectivity index (χ0n) is 25.1. The van der Waals surface area contributed by atoms with Gasteiger partial charge in [-0.3, -0.25) is 0 Å². The van der Waals surface area contributed by atoms with Crippen LogP contribution >= 0.6 is 0 Å². The third-order valence-electron chi connectivity index (χ3n) is 8.21. The van der Waals surface area contributed by atoms with Crippen molar-refractivity contribution in [1.82, 2.24) is 0 Å². The highest BCUT2D eigenvalue weighted by atomic mass is 16.5. The van der Waals surface area contributed by atoms with E-state index in [1.165, 1.54) is 29.2 Å². The Morgan fingerprint density at radius 2 is 1.11 bits per heavy atom. The molecule has 0 aliphatic rings. The maximum atomic E-state index is 9.69. The number of benzene rings is 6. The minimum absolute atomic E-state index is 0.0000824. The second kappa shape index (κ2) is 13.3. The molecule has 0 aromatic heterocycles. The zero-order chi connectivity index (χ0) is 31.2. The Morgan fingerprint density at radius 1 is 0.578 bits per heavy atom. The Bertz CT molecular complexity index is 2000. The van der Waals surface area contributed by atoms with Crippen molar-refractivity contribution in [3.63, 3.8) is 0 Å². The van der Waals surface area contributed by atoms with Crippen LogP contribution in [0.4, 0.5) is 0 Å². The molecule has 6 aromatic rings. The van der Waals surface area contributed by atoms with E-state index in [1.807, 2.05) is 30.4 Å². The third kappa shape index (κ3) is 5.82. The smallest absolute Gasteiger partial charge is 0.112 e. The quantitative estimate of drug-likeness (QED) is 0.157. The number of hydrogen-bond donors (Lipinski definition) is 2. The van der Waals surface area contributed by atoms with Gasteiger partial charge in [0.1, 0.15) is 6.61 Å². The van der Waals surface area contributed by atoms with Gasteiger partial charge in [0, 0.05) is 6.20 Å². The summed E-state index contributed by atoms with van der Waals surface area (Å²) in [5.41, 5.74) is 18.3. The Kier molecular flexibility index (Phi) is 8.72. The first-order valence-electron chi connectivity index (χ1n) is 15.0. The normalized spacial score (nSPS) is 11.1. The standard InChI is InChI=1S/C42H35NO2/c1-3-35-36(4-2)42(33-20-16-30(17-21-33)28-45-25-24-43)40-26-34(38-13-9-8-12-37(38)31-10-6-5-7-11-31)22-23-39(40)41(35)32-18-14-29(27-44)15-19-32/h3-26,44H,1-2,27-28,43H2/b25-24-. The van der Waals surface area contributed by atoms with E-state index in [1.54, 1.807) is 0 Å². The largest absolute Gasteiger partial charge is 0.495 e. The molecule has 220 valence electrons. The van der Waals surface area contributed by atoms with Gasteiger partial charge in [0.2, 0.25) is 0 Å². The number of aliphatic hydroxyl groups is 1. The highest BCUT2D eigenvalue weighted by molar-refractivity contribution is 6.13. The van der Waals surface area contributed by atoms with Crippen LogP contribution in [0.2, 0.25) is 0 Å². The van der Waals surface area contributed by atoms with Crippen molar-refractivity contribution in [3.05, 3.63) is 169 Å². The summed E-state index contributed by atoms with van der Waals surface area (Å²) in [6.45, 7) is 8.96. The second-order valence-electron chi connectivity index (χ2n) is 10.8. The maximum absolute atomic E-state index is 9.69. The SMILES string of the molecule is C=Cc1c(C=C)c(-c2ccc(CO/C=C\N)cc2)c2cc(-c3ccccc3-c3ccccc3)ccc2c1-c1ccc(CO)cc1. The summed E-state index contributed by atoms with van der Waals surface area (Å²) >= 11 is 0. The lowest BCUT2D eigenvalue weighted by atomic mass is 9.82. The van der Waals surface area contributed by atoms with E-state index in [2.05, 4.69) is 116 Å². The zero-order valence-corrected chi connectivity index (χ0v) is 25.1. The monoisotopic (exact) mass is 585 g/mol. The summed E-state index contributed by atoms with van der Waals surface area (Å²) in [5.74, 6) is 0. The van der Waals surface area contributed by atoms with Gasteiger partial charge in [-0.05, 0) is 83.6 Å². The van der Waals surface area contributed by atoms with Crippen molar-refractivity contribution in [2.45, 2.75) is 13.2 Å². The van der Waals surface area contributed by atoms with Crippen molar-refractivity contribution in [2.24, 2.45) is 5.73 Å². The van der Waals surface area contributed by atoms with Gasteiger partial charge >= 0.3 is 0 Å². The summed E-state index contributed by atoms with van der Waals surface area (Å²) in [5, 5.41) is 11.9. The van der Waals surface area contributed by atoms with Crippen LogP contribution in [0, 0.1) is 0 Å². The third-order valence-corrected chi connectivity index (χ3v) is 8.21. The number of nitrogens with two attached hydrogens (primary N) is 1. The summed E-state index contributed by atoms with van der Waals surface area (Å²) in [4.78, 5) is 0. The van der Waals surface area contributed by atoms with Crippen molar-refractivity contribution in [2.75, 3.05) is 0 Å². The second-order valence-corrected chi connectivity index (χ2v) is 10.8. The van der Waals surface area contributed by atoms with E-state index in [-0.39, 0.29) is 6.61 Å². The van der Waals surface area contributed by atoms with Crippen molar-refractivity contribution >= 4 is 22.9 Å². The van der Waals surface area contributed by atoms with Crippen LogP contribution in [0.5, 0.6) is 0 Å². The molecule has 0 aliphatic carbocycles. The molecule has 3 nitrogen and oxygen atoms in total. The Hall–Kier alpha value is -5.64. The first-order chi connectivity index (χ1) is 22.2. The molecule has 45 heavy (non-hydrogen) atoms. The first kappa shape index (κ1) is 29.4. The maximum Gasteiger partial charge on any atom is 0.112 e. The van der Waals surface area contributed by atoms with Crippen molar-refractivity contribution in [1.29, 1.82) is 0 Å². The van der Waals surface area contributed by atoms with E-state index >= 15 is 0 Å². The minimum atomic E-state index is -0.0000824. The minimum Gasteiger partial charge on any atom is -0.495 e. The van der Waals surface area contributed by atoms with Crippen LogP contribution in [-0.2, 0) is 18.0 Å². The van der Waals surface area contributed by atoms with E-state index in [4.69, 9.17) is 10.5 Å². The lowest BCUT2D eigenvalue weighted by Crippen LogP contribution is -1.97. The van der Waals surface area contributed by atoms with Crippen LogP contribution in [0.3, 0.4) is 0 Å². The van der Waals surface area contributed by atoms with Gasteiger partial charge in [-0.2, -0.15) is 0 Å². The predicted octanol–water partition coefficient (Wildman–Crippen LogP) is 10.2. The molecule has 0 fully saturated rings. The lowest BCUT2D eigenvalue weighted by Gasteiger charge is -2.21. The fourth-order valence-corrected chi connectivity index (χ4v) is 6.09. The summed E-state index contributed by atoms with van der Waals surface area (Å²) in [7, 11) is 0. The van der Waals surface area contributed by atoms with Gasteiger partial charge in [0.15, 0.2) is 0 Å². The fraction of sp³-hybridized carbons (Fsp3) is 0.0476. The van der Waals surface area contributed by atoms with E-state index in [0.717, 1.165) is 60.8 Å². The highest BCUT2D eigenvalue weighted by Gasteiger charge is 2.20. The number of rotatable bonds is 10. The Balaban J connectivity index is 1.64. The molecule has 0 bridgehead atoms. The molecule has 0 saturated heterocycles. The van der Waals surface area contributed by atoms with E-state index in [0.29, 0.717) is 6.61 Å². The molecule has 3 N–H and O–H groups in total. The number of ether oxygens (including phenoxy) is 1. The molecular formula is C42H35NO2. The summed E-state index contributed by atoms with van der Waals surface area (Å²) in [6.07, 6.45) is 6.74. The van der Waals surface area contributed by atoms with Gasteiger partial charge < -0.3 is 15.6 Å². The van der Waals surface area contributed by atoms with E-state index in [9.17, 15) is 5.11 Å². The summed E-state index contributed by atoms with van der Waals surface area (Å²) < 4.78 is 5.51. The molecule has 0 radical (unpaired) electrons. The molecule has 0 unspecified atom stereocenters. The number of aliphatic hydroxyl groups excluding tert-OH is 1. The molecule has 0 aliphatic heterocycles. The predicted molar refractivity (Wildman–Crippen MR) is 190 cm³/mol. The van der Waals surface area contributed by atoms with Crippen LogP contribution < -0.4 is 5.73 Å². The molecule has 3 heteroatoms. The van der Waals surface area contributed by atoms with Crippen LogP contribution in [0.25, 0.3) is 67.4 Å². The Labute approximate surface area is 264 Å². The molecule has 0 amide bonds. The Morgan fingerprint density at radius 3 is 1.69 bits per heavy atom. The van der Waals surface area contributed by atoms with Crippen LogP contribution in [-0.4, -0.2) is 5.11 Å². The molecule has 0 heterocycles. The highest BCUT2D eigenvalue weighted by Crippen LogP contribution is 2.45. The van der Waals surface area contributed by atoms with Gasteiger partial charge in [-0.1, -0.05) is 141 Å². The van der Waals surface area contributed by atoms with Crippen LogP contribution in [0.15, 0.2) is 147 Å². The molecule has 0 saturated carbocycles. The number of hydrogen-bond acceptors (Lipinski definition) is 3. The number of fused-ring (bicyclic) bond motifs is 1. The average molecular weight is 586 g/mol. The first-order valence-corrected chi connectivity index (χ1v) is 15.0. The molecule has 6 rings (SSSR count). The molecule has 0 spiro atoms. The lowest BCUT2D eigenvalue weighted by molar-refractivity contribution is 0.236. The average Bonchev–Trinajstić information content (AvgIpc) is 3.11. The van der Waals surface area contributed by atoms with Gasteiger partial charge in [0.25, 0.3) is 0 Å². The van der Waals surface area contributed by atoms with Crippen molar-refractivity contribution in [3.8, 4) is 44.5 Å². The van der Waals surface area contributed by atoms with Gasteiger partial charge in [-0.25, -0.2) is 0 Å². The summed E-state index contributed by atoms with van der Waals surface area (Å²) in [6, 6.07) is 42.3. The topological polar surface area (TPSA) is 55.5 Å². The molecular weight excluding hydrogens is 550 g/mol. The van der Waals surface area contributed by atoms with Crippen molar-refractivity contribution < 1.29 is 9.84 Å².